The van der Waals surface area contributed by atoms with E-state index < -0.39 is 0 Å². The van der Waals surface area contributed by atoms with Gasteiger partial charge in [0.25, 0.3) is 0 Å². The van der Waals surface area contributed by atoms with Crippen LogP contribution < -0.4 is 15.8 Å². The van der Waals surface area contributed by atoms with Gasteiger partial charge < -0.3 is 25.4 Å². The molecule has 0 fully saturated rings. The first-order valence-corrected chi connectivity index (χ1v) is 7.66. The molecule has 6 nitrogen and oxygen atoms in total. The minimum absolute atomic E-state index is 0.167. The lowest BCUT2D eigenvalue weighted by molar-refractivity contribution is 0.163. The van der Waals surface area contributed by atoms with Crippen LogP contribution in [0.4, 0.5) is 0 Å². The van der Waals surface area contributed by atoms with Gasteiger partial charge in [-0.25, -0.2) is 0 Å². The van der Waals surface area contributed by atoms with Gasteiger partial charge in [0.05, 0.1) is 25.8 Å². The molecule has 6 heteroatoms. The number of ether oxygens (including phenoxy) is 2. The van der Waals surface area contributed by atoms with E-state index in [0.29, 0.717) is 19.1 Å². The van der Waals surface area contributed by atoms with E-state index in [2.05, 4.69) is 21.3 Å². The second kappa shape index (κ2) is 8.60. The molecule has 0 amide bonds. The lowest BCUT2D eigenvalue weighted by atomic mass is 10.0. The molecule has 0 radical (unpaired) electrons. The number of para-hydroxylation sites is 1. The molecule has 1 aliphatic heterocycles. The molecular formula is C16H26N4O2. The molecule has 3 N–H and O–H groups in total. The smallest absolute Gasteiger partial charge is 0.189 e. The van der Waals surface area contributed by atoms with Gasteiger partial charge in [0.1, 0.15) is 5.75 Å². The number of nitrogens with one attached hydrogen (secondary N) is 1. The number of rotatable bonds is 7. The number of likely N-dealkylation sites (N-methyl/N-ethyl adjacent to an activating group) is 1. The molecule has 1 atom stereocenters. The number of benzene rings is 1. The summed E-state index contributed by atoms with van der Waals surface area (Å²) >= 11 is 0. The van der Waals surface area contributed by atoms with Crippen LogP contribution in [0, 0.1) is 0 Å². The second-order valence-electron chi connectivity index (χ2n) is 5.43. The van der Waals surface area contributed by atoms with Crippen LogP contribution in [0.25, 0.3) is 0 Å². The molecule has 0 aromatic heterocycles. The quantitative estimate of drug-likeness (QED) is 0.581. The average Bonchev–Trinajstić information content (AvgIpc) is 2.53. The predicted octanol–water partition coefficient (Wildman–Crippen LogP) is 0.993. The van der Waals surface area contributed by atoms with E-state index in [0.717, 1.165) is 37.4 Å². The Hall–Kier alpha value is -1.79. The third-order valence-electron chi connectivity index (χ3n) is 3.72. The minimum atomic E-state index is 0.167. The molecule has 0 saturated carbocycles. The van der Waals surface area contributed by atoms with Gasteiger partial charge in [0.15, 0.2) is 5.96 Å². The van der Waals surface area contributed by atoms with Gasteiger partial charge in [-0.2, -0.15) is 0 Å². The third kappa shape index (κ3) is 4.89. The van der Waals surface area contributed by atoms with Crippen LogP contribution in [-0.4, -0.2) is 57.9 Å². The molecule has 2 rings (SSSR count). The molecule has 1 aliphatic rings. The number of methoxy groups -OCH3 is 1. The van der Waals surface area contributed by atoms with E-state index in [9.17, 15) is 0 Å². The largest absolute Gasteiger partial charge is 0.493 e. The summed E-state index contributed by atoms with van der Waals surface area (Å²) in [6.07, 6.45) is 0.890. The van der Waals surface area contributed by atoms with Gasteiger partial charge in [0, 0.05) is 32.2 Å². The van der Waals surface area contributed by atoms with Crippen molar-refractivity contribution in [2.45, 2.75) is 12.5 Å². The molecule has 1 heterocycles. The molecule has 0 saturated heterocycles. The maximum absolute atomic E-state index is 6.00. The predicted molar refractivity (Wildman–Crippen MR) is 88.3 cm³/mol. The molecule has 0 bridgehead atoms. The first kappa shape index (κ1) is 16.6. The monoisotopic (exact) mass is 306 g/mol. The first-order valence-electron chi connectivity index (χ1n) is 7.66. The van der Waals surface area contributed by atoms with Gasteiger partial charge >= 0.3 is 0 Å². The summed E-state index contributed by atoms with van der Waals surface area (Å²) in [4.78, 5) is 6.57. The van der Waals surface area contributed by atoms with Crippen LogP contribution in [0.2, 0.25) is 0 Å². The zero-order valence-electron chi connectivity index (χ0n) is 13.4. The summed E-state index contributed by atoms with van der Waals surface area (Å²) < 4.78 is 10.7. The Morgan fingerprint density at radius 1 is 1.45 bits per heavy atom. The van der Waals surface area contributed by atoms with Gasteiger partial charge in [-0.1, -0.05) is 18.2 Å². The summed E-state index contributed by atoms with van der Waals surface area (Å²) in [6.45, 7) is 3.85. The molecule has 1 unspecified atom stereocenters. The van der Waals surface area contributed by atoms with Crippen molar-refractivity contribution in [1.82, 2.24) is 10.2 Å². The Morgan fingerprint density at radius 2 is 2.27 bits per heavy atom. The molecular weight excluding hydrogens is 280 g/mol. The maximum Gasteiger partial charge on any atom is 0.189 e. The van der Waals surface area contributed by atoms with Crippen molar-refractivity contribution in [2.75, 3.05) is 47.0 Å². The maximum atomic E-state index is 6.00. The number of nitrogens with zero attached hydrogens (tertiary/aromatic N) is 2. The topological polar surface area (TPSA) is 72.1 Å². The summed E-state index contributed by atoms with van der Waals surface area (Å²) in [5, 5.41) is 3.30. The van der Waals surface area contributed by atoms with E-state index in [1.807, 2.05) is 25.2 Å². The highest BCUT2D eigenvalue weighted by Gasteiger charge is 2.21. The zero-order chi connectivity index (χ0) is 15.8. The Bertz CT molecular complexity index is 493. The Kier molecular flexibility index (Phi) is 6.48. The summed E-state index contributed by atoms with van der Waals surface area (Å²) in [6, 6.07) is 8.22. The number of hydrogen-bond acceptors (Lipinski definition) is 4. The number of fused-ring (bicyclic) bond motifs is 1. The highest BCUT2D eigenvalue weighted by Crippen LogP contribution is 2.31. The Labute approximate surface area is 132 Å². The van der Waals surface area contributed by atoms with Gasteiger partial charge in [-0.15, -0.1) is 0 Å². The van der Waals surface area contributed by atoms with Gasteiger partial charge in [-0.3, -0.25) is 4.99 Å². The second-order valence-corrected chi connectivity index (χ2v) is 5.43. The van der Waals surface area contributed by atoms with E-state index in [-0.39, 0.29) is 6.04 Å². The van der Waals surface area contributed by atoms with Crippen LogP contribution in [0.5, 0.6) is 5.75 Å². The van der Waals surface area contributed by atoms with Crippen LogP contribution in [-0.2, 0) is 4.74 Å². The number of guanidine groups is 1. The van der Waals surface area contributed by atoms with E-state index in [4.69, 9.17) is 15.2 Å². The highest BCUT2D eigenvalue weighted by molar-refractivity contribution is 5.78. The van der Waals surface area contributed by atoms with Crippen molar-refractivity contribution in [2.24, 2.45) is 10.7 Å². The van der Waals surface area contributed by atoms with Crippen LogP contribution in [0.15, 0.2) is 29.3 Å². The van der Waals surface area contributed by atoms with Gasteiger partial charge in [-0.05, 0) is 13.1 Å². The average molecular weight is 306 g/mol. The lowest BCUT2D eigenvalue weighted by Crippen LogP contribution is -2.38. The van der Waals surface area contributed by atoms with E-state index in [1.165, 1.54) is 0 Å². The fraction of sp³-hybridized carbons (Fsp3) is 0.562. The van der Waals surface area contributed by atoms with Crippen LogP contribution in [0.1, 0.15) is 18.0 Å². The standard InChI is InChI=1S/C16H26N4O2/c1-20(10-12-21-2)9-8-18-16(17)19-14-7-11-22-15-6-4-3-5-13(14)15/h3-6,14H,7-12H2,1-2H3,(H3,17,18,19). The van der Waals surface area contributed by atoms with E-state index in [1.54, 1.807) is 7.11 Å². The molecule has 0 spiro atoms. The molecule has 122 valence electrons. The normalized spacial score (nSPS) is 18.0. The summed E-state index contributed by atoms with van der Waals surface area (Å²) in [5.74, 6) is 1.42. The Morgan fingerprint density at radius 3 is 3.09 bits per heavy atom. The van der Waals surface area contributed by atoms with Crippen molar-refractivity contribution < 1.29 is 9.47 Å². The fourth-order valence-electron chi connectivity index (χ4n) is 2.42. The number of aliphatic imine (C=N–C) groups is 1. The minimum Gasteiger partial charge on any atom is -0.493 e. The SMILES string of the molecule is COCCN(C)CCN=C(N)NC1CCOc2ccccc21. The molecule has 0 aliphatic carbocycles. The number of nitrogens with two attached hydrogens (primary N) is 1. The number of hydrogen-bond donors (Lipinski definition) is 2. The molecule has 22 heavy (non-hydrogen) atoms. The Balaban J connectivity index is 1.82. The van der Waals surface area contributed by atoms with Gasteiger partial charge in [0.2, 0.25) is 0 Å². The van der Waals surface area contributed by atoms with Crippen molar-refractivity contribution >= 4 is 5.96 Å². The van der Waals surface area contributed by atoms with Crippen molar-refractivity contribution in [3.63, 3.8) is 0 Å². The third-order valence-corrected chi connectivity index (χ3v) is 3.72. The zero-order valence-corrected chi connectivity index (χ0v) is 13.4. The molecule has 1 aromatic carbocycles. The molecule has 1 aromatic rings. The first-order chi connectivity index (χ1) is 10.7. The fourth-order valence-corrected chi connectivity index (χ4v) is 2.42. The summed E-state index contributed by atoms with van der Waals surface area (Å²) in [5.41, 5.74) is 7.15. The van der Waals surface area contributed by atoms with Crippen molar-refractivity contribution in [1.29, 1.82) is 0 Å². The van der Waals surface area contributed by atoms with E-state index >= 15 is 0 Å². The lowest BCUT2D eigenvalue weighted by Gasteiger charge is -2.27. The summed E-state index contributed by atoms with van der Waals surface area (Å²) in [7, 11) is 3.76. The van der Waals surface area contributed by atoms with Crippen LogP contribution >= 0.6 is 0 Å². The van der Waals surface area contributed by atoms with Crippen molar-refractivity contribution in [3.8, 4) is 5.75 Å². The van der Waals surface area contributed by atoms with Crippen LogP contribution in [0.3, 0.4) is 0 Å². The van der Waals surface area contributed by atoms with Crippen molar-refractivity contribution in [3.05, 3.63) is 29.8 Å². The highest BCUT2D eigenvalue weighted by atomic mass is 16.5.